The summed E-state index contributed by atoms with van der Waals surface area (Å²) in [4.78, 5) is 30.8. The molecule has 0 spiro atoms. The number of aromatic nitrogens is 3. The predicted molar refractivity (Wildman–Crippen MR) is 113 cm³/mol. The van der Waals surface area contributed by atoms with Gasteiger partial charge in [-0.3, -0.25) is 14.2 Å². The summed E-state index contributed by atoms with van der Waals surface area (Å²) in [5, 5.41) is 9.12. The fourth-order valence-corrected chi connectivity index (χ4v) is 5.97. The maximum Gasteiger partial charge on any atom is 0.251 e. The Kier molecular flexibility index (Phi) is 4.02. The van der Waals surface area contributed by atoms with Crippen molar-refractivity contribution in [3.63, 3.8) is 0 Å². The molecule has 152 valence electrons. The fraction of sp³-hybridized carbons (Fsp3) is 0.364. The number of hydrogen-bond acceptors (Lipinski definition) is 6. The number of fused-ring (bicyclic) bond motifs is 5. The van der Waals surface area contributed by atoms with Gasteiger partial charge < -0.3 is 9.80 Å². The van der Waals surface area contributed by atoms with Crippen LogP contribution in [0.1, 0.15) is 35.2 Å². The lowest BCUT2D eigenvalue weighted by atomic mass is 9.78. The van der Waals surface area contributed by atoms with Gasteiger partial charge in [-0.1, -0.05) is 41.7 Å². The van der Waals surface area contributed by atoms with Crippen LogP contribution in [0, 0.1) is 5.92 Å². The number of nitrogens with zero attached hydrogens (tertiary/aromatic N) is 5. The van der Waals surface area contributed by atoms with Gasteiger partial charge in [-0.05, 0) is 23.6 Å². The quantitative estimate of drug-likeness (QED) is 0.638. The van der Waals surface area contributed by atoms with Crippen LogP contribution in [0.4, 0.5) is 5.13 Å². The summed E-state index contributed by atoms with van der Waals surface area (Å²) in [5.41, 5.74) is 5.01. The van der Waals surface area contributed by atoms with Gasteiger partial charge in [0.2, 0.25) is 11.0 Å². The number of carbonyl (C=O) groups excluding carboxylic acids is 1. The van der Waals surface area contributed by atoms with Crippen LogP contribution in [0.3, 0.4) is 0 Å². The van der Waals surface area contributed by atoms with Crippen LogP contribution < -0.4 is 10.5 Å². The van der Waals surface area contributed by atoms with Crippen molar-refractivity contribution in [2.24, 2.45) is 5.92 Å². The number of benzene rings is 1. The summed E-state index contributed by atoms with van der Waals surface area (Å²) in [5.74, 6) is 0.321. The van der Waals surface area contributed by atoms with Gasteiger partial charge in [-0.25, -0.2) is 0 Å². The average molecular weight is 420 g/mol. The summed E-state index contributed by atoms with van der Waals surface area (Å²) in [6, 6.07) is 13.1. The number of pyridine rings is 1. The van der Waals surface area contributed by atoms with E-state index in [2.05, 4.69) is 27.2 Å². The Bertz CT molecular complexity index is 1150. The molecule has 1 fully saturated rings. The third-order valence-corrected chi connectivity index (χ3v) is 7.42. The van der Waals surface area contributed by atoms with Crippen molar-refractivity contribution < 1.29 is 4.79 Å². The Hall–Kier alpha value is -3.00. The second-order valence-electron chi connectivity index (χ2n) is 8.39. The van der Waals surface area contributed by atoms with E-state index in [0.717, 1.165) is 23.8 Å². The summed E-state index contributed by atoms with van der Waals surface area (Å²) >= 11 is 1.52. The van der Waals surface area contributed by atoms with E-state index in [1.165, 1.54) is 22.5 Å². The molecule has 3 aliphatic rings. The first-order valence-corrected chi connectivity index (χ1v) is 11.1. The third-order valence-electron chi connectivity index (χ3n) is 6.67. The molecule has 0 aliphatic carbocycles. The standard InChI is InChI=1S/C22H21N5O2S/c28-19-7-3-6-18-16-8-17(12-26(11-16)22-24-23-13-30-22)20(27(18)19)21(29)25-9-14-4-1-2-5-15(14)10-25/h1-7,13,16-17,20H,8-12H2/t16-,17+,20-/m1/s1. The van der Waals surface area contributed by atoms with Crippen molar-refractivity contribution in [1.82, 2.24) is 19.7 Å². The van der Waals surface area contributed by atoms with Crippen molar-refractivity contribution in [2.45, 2.75) is 31.5 Å². The molecule has 0 N–H and O–H groups in total. The molecule has 6 rings (SSSR count). The Balaban J connectivity index is 1.39. The van der Waals surface area contributed by atoms with Crippen LogP contribution in [0.5, 0.6) is 0 Å². The lowest BCUT2D eigenvalue weighted by Gasteiger charge is -2.46. The third kappa shape index (κ3) is 2.70. The molecule has 2 aromatic heterocycles. The summed E-state index contributed by atoms with van der Waals surface area (Å²) in [7, 11) is 0. The van der Waals surface area contributed by atoms with Gasteiger partial charge in [0.15, 0.2) is 0 Å². The molecule has 3 aromatic rings. The minimum atomic E-state index is -0.477. The molecule has 0 radical (unpaired) electrons. The molecular formula is C22H21N5O2S. The molecule has 0 saturated carbocycles. The first kappa shape index (κ1) is 17.8. The zero-order valence-electron chi connectivity index (χ0n) is 16.3. The van der Waals surface area contributed by atoms with Crippen molar-refractivity contribution in [3.8, 4) is 0 Å². The van der Waals surface area contributed by atoms with Gasteiger partial charge in [0.25, 0.3) is 5.56 Å². The molecule has 3 atom stereocenters. The van der Waals surface area contributed by atoms with E-state index >= 15 is 0 Å². The highest BCUT2D eigenvalue weighted by molar-refractivity contribution is 7.13. The molecule has 1 saturated heterocycles. The van der Waals surface area contributed by atoms with Crippen LogP contribution in [0.2, 0.25) is 0 Å². The maximum absolute atomic E-state index is 13.8. The van der Waals surface area contributed by atoms with Crippen LogP contribution in [-0.4, -0.2) is 38.7 Å². The smallest absolute Gasteiger partial charge is 0.251 e. The second-order valence-corrected chi connectivity index (χ2v) is 9.20. The monoisotopic (exact) mass is 419 g/mol. The molecule has 0 unspecified atom stereocenters. The zero-order chi connectivity index (χ0) is 20.2. The fourth-order valence-electron chi connectivity index (χ4n) is 5.39. The normalized spacial score (nSPS) is 24.5. The number of amides is 1. The Morgan fingerprint density at radius 3 is 2.57 bits per heavy atom. The van der Waals surface area contributed by atoms with Crippen molar-refractivity contribution >= 4 is 22.4 Å². The molecule has 3 aliphatic heterocycles. The first-order chi connectivity index (χ1) is 14.7. The van der Waals surface area contributed by atoms with E-state index < -0.39 is 6.04 Å². The lowest BCUT2D eigenvalue weighted by molar-refractivity contribution is -0.138. The second kappa shape index (κ2) is 6.77. The molecule has 1 amide bonds. The predicted octanol–water partition coefficient (Wildman–Crippen LogP) is 2.41. The van der Waals surface area contributed by atoms with E-state index in [-0.39, 0.29) is 23.3 Å². The highest BCUT2D eigenvalue weighted by Crippen LogP contribution is 2.43. The summed E-state index contributed by atoms with van der Waals surface area (Å²) < 4.78 is 1.78. The average Bonchev–Trinajstić information content (AvgIpc) is 3.44. The van der Waals surface area contributed by atoms with Gasteiger partial charge in [-0.15, -0.1) is 10.2 Å². The number of hydrogen-bond donors (Lipinski definition) is 0. The number of carbonyl (C=O) groups is 1. The minimum absolute atomic E-state index is 0.0447. The summed E-state index contributed by atoms with van der Waals surface area (Å²) in [6.45, 7) is 2.73. The molecule has 7 nitrogen and oxygen atoms in total. The molecular weight excluding hydrogens is 398 g/mol. The number of anilines is 1. The van der Waals surface area contributed by atoms with Gasteiger partial charge in [0, 0.05) is 49.8 Å². The van der Waals surface area contributed by atoms with Crippen molar-refractivity contribution in [3.05, 3.63) is 75.1 Å². The Morgan fingerprint density at radius 1 is 1.03 bits per heavy atom. The largest absolute Gasteiger partial charge is 0.346 e. The maximum atomic E-state index is 13.8. The van der Waals surface area contributed by atoms with Crippen LogP contribution in [0.25, 0.3) is 0 Å². The van der Waals surface area contributed by atoms with Crippen molar-refractivity contribution in [1.29, 1.82) is 0 Å². The van der Waals surface area contributed by atoms with E-state index in [0.29, 0.717) is 19.6 Å². The van der Waals surface area contributed by atoms with Gasteiger partial charge in [0.05, 0.1) is 0 Å². The molecule has 8 heteroatoms. The number of rotatable bonds is 2. The van der Waals surface area contributed by atoms with Crippen LogP contribution in [0.15, 0.2) is 52.8 Å². The minimum Gasteiger partial charge on any atom is -0.346 e. The van der Waals surface area contributed by atoms with Crippen LogP contribution in [-0.2, 0) is 17.9 Å². The van der Waals surface area contributed by atoms with E-state index in [9.17, 15) is 9.59 Å². The van der Waals surface area contributed by atoms with Gasteiger partial charge in [0.1, 0.15) is 11.6 Å². The summed E-state index contributed by atoms with van der Waals surface area (Å²) in [6.07, 6.45) is 0.913. The SMILES string of the molecule is O=C([C@H]1[C@H]2C[C@H](CN(c3nncs3)C2)c2cccc(=O)n21)N1Cc2ccccc2C1. The highest BCUT2D eigenvalue weighted by atomic mass is 32.1. The molecule has 5 heterocycles. The molecule has 2 bridgehead atoms. The topological polar surface area (TPSA) is 71.3 Å². The van der Waals surface area contributed by atoms with E-state index in [1.807, 2.05) is 29.2 Å². The van der Waals surface area contributed by atoms with Crippen molar-refractivity contribution in [2.75, 3.05) is 18.0 Å². The lowest BCUT2D eigenvalue weighted by Crippen LogP contribution is -2.53. The first-order valence-electron chi connectivity index (χ1n) is 10.3. The van der Waals surface area contributed by atoms with Gasteiger partial charge in [-0.2, -0.15) is 0 Å². The Labute approximate surface area is 177 Å². The van der Waals surface area contributed by atoms with Gasteiger partial charge >= 0.3 is 0 Å². The number of piperidine rings is 1. The molecule has 1 aromatic carbocycles. The highest BCUT2D eigenvalue weighted by Gasteiger charge is 2.46. The molecule has 30 heavy (non-hydrogen) atoms. The van der Waals surface area contributed by atoms with Crippen LogP contribution >= 0.6 is 11.3 Å². The van der Waals surface area contributed by atoms with E-state index in [4.69, 9.17) is 0 Å². The van der Waals surface area contributed by atoms with E-state index in [1.54, 1.807) is 16.1 Å². The zero-order valence-corrected chi connectivity index (χ0v) is 17.2. The Morgan fingerprint density at radius 2 is 1.83 bits per heavy atom.